The average molecular weight is 289 g/mol. The van der Waals surface area contributed by atoms with Crippen LogP contribution in [0.4, 0.5) is 0 Å². The number of carboxylic acids is 1. The summed E-state index contributed by atoms with van der Waals surface area (Å²) in [6, 6.07) is 7.88. The van der Waals surface area contributed by atoms with Gasteiger partial charge in [0.2, 0.25) is 0 Å². The third kappa shape index (κ3) is 2.93. The van der Waals surface area contributed by atoms with Gasteiger partial charge in [0.15, 0.2) is 6.10 Å². The molecule has 5 nitrogen and oxygen atoms in total. The molecule has 2 aliphatic heterocycles. The summed E-state index contributed by atoms with van der Waals surface area (Å²) in [5.74, 6) is -0.770. The lowest BCUT2D eigenvalue weighted by molar-refractivity contribution is -0.144. The fourth-order valence-electron chi connectivity index (χ4n) is 3.21. The minimum Gasteiger partial charge on any atom is -0.481 e. The van der Waals surface area contributed by atoms with Crippen LogP contribution in [-0.4, -0.2) is 41.6 Å². The van der Waals surface area contributed by atoms with Gasteiger partial charge in [0.25, 0.3) is 5.91 Å². The standard InChI is InChI=1S/C16H19NO4/c18-14(19)9-11-5-7-17(10-11)16(20)15-13-4-2-1-3-12(13)6-8-21-15/h1-4,11,15H,5-10H2,(H,18,19). The number of hydrogen-bond donors (Lipinski definition) is 1. The van der Waals surface area contributed by atoms with Crippen molar-refractivity contribution in [3.8, 4) is 0 Å². The quantitative estimate of drug-likeness (QED) is 0.918. The number of hydrogen-bond acceptors (Lipinski definition) is 3. The van der Waals surface area contributed by atoms with Crippen LogP contribution in [0, 0.1) is 5.92 Å². The van der Waals surface area contributed by atoms with Gasteiger partial charge in [-0.05, 0) is 29.9 Å². The van der Waals surface area contributed by atoms with Gasteiger partial charge in [0, 0.05) is 19.5 Å². The van der Waals surface area contributed by atoms with E-state index in [1.165, 1.54) is 5.56 Å². The third-order valence-electron chi connectivity index (χ3n) is 4.28. The largest absolute Gasteiger partial charge is 0.481 e. The summed E-state index contributed by atoms with van der Waals surface area (Å²) in [5, 5.41) is 8.85. The van der Waals surface area contributed by atoms with Gasteiger partial charge >= 0.3 is 5.97 Å². The van der Waals surface area contributed by atoms with Gasteiger partial charge in [-0.25, -0.2) is 0 Å². The van der Waals surface area contributed by atoms with Crippen molar-refractivity contribution in [3.05, 3.63) is 35.4 Å². The molecule has 3 rings (SSSR count). The first-order valence-electron chi connectivity index (χ1n) is 7.35. The number of likely N-dealkylation sites (tertiary alicyclic amines) is 1. The van der Waals surface area contributed by atoms with Crippen LogP contribution in [0.3, 0.4) is 0 Å². The monoisotopic (exact) mass is 289 g/mol. The zero-order valence-corrected chi connectivity index (χ0v) is 11.8. The van der Waals surface area contributed by atoms with Crippen molar-refractivity contribution in [1.82, 2.24) is 4.90 Å². The highest BCUT2D eigenvalue weighted by molar-refractivity contribution is 5.83. The highest BCUT2D eigenvalue weighted by Gasteiger charge is 2.35. The van der Waals surface area contributed by atoms with E-state index in [1.54, 1.807) is 4.90 Å². The molecule has 2 heterocycles. The van der Waals surface area contributed by atoms with Crippen molar-refractivity contribution in [2.75, 3.05) is 19.7 Å². The van der Waals surface area contributed by atoms with Crippen molar-refractivity contribution < 1.29 is 19.4 Å². The number of carboxylic acid groups (broad SMARTS) is 1. The van der Waals surface area contributed by atoms with Crippen LogP contribution in [0.2, 0.25) is 0 Å². The molecule has 21 heavy (non-hydrogen) atoms. The number of carbonyl (C=O) groups is 2. The minimum atomic E-state index is -0.798. The zero-order valence-electron chi connectivity index (χ0n) is 11.8. The highest BCUT2D eigenvalue weighted by atomic mass is 16.5. The molecular weight excluding hydrogens is 270 g/mol. The Labute approximate surface area is 123 Å². The van der Waals surface area contributed by atoms with Crippen LogP contribution in [0.5, 0.6) is 0 Å². The molecule has 0 radical (unpaired) electrons. The van der Waals surface area contributed by atoms with E-state index >= 15 is 0 Å². The lowest BCUT2D eigenvalue weighted by Crippen LogP contribution is -2.36. The molecule has 2 unspecified atom stereocenters. The summed E-state index contributed by atoms with van der Waals surface area (Å²) in [6.45, 7) is 1.70. The Morgan fingerprint density at radius 1 is 1.33 bits per heavy atom. The third-order valence-corrected chi connectivity index (χ3v) is 4.28. The van der Waals surface area contributed by atoms with Crippen LogP contribution < -0.4 is 0 Å². The smallest absolute Gasteiger partial charge is 0.303 e. The van der Waals surface area contributed by atoms with E-state index in [9.17, 15) is 9.59 Å². The Kier molecular flexibility index (Phi) is 3.92. The van der Waals surface area contributed by atoms with E-state index < -0.39 is 12.1 Å². The number of carbonyl (C=O) groups excluding carboxylic acids is 1. The predicted octanol–water partition coefficient (Wildman–Crippen LogP) is 1.62. The number of aliphatic carboxylic acids is 1. The Hall–Kier alpha value is -1.88. The maximum Gasteiger partial charge on any atom is 0.303 e. The van der Waals surface area contributed by atoms with Gasteiger partial charge in [0.1, 0.15) is 0 Å². The molecule has 2 aliphatic rings. The van der Waals surface area contributed by atoms with Crippen molar-refractivity contribution in [2.45, 2.75) is 25.4 Å². The predicted molar refractivity (Wildman–Crippen MR) is 75.8 cm³/mol. The molecule has 0 aliphatic carbocycles. The summed E-state index contributed by atoms with van der Waals surface area (Å²) in [5.41, 5.74) is 2.12. The van der Waals surface area contributed by atoms with Gasteiger partial charge in [-0.15, -0.1) is 0 Å². The Balaban J connectivity index is 1.71. The molecule has 1 fully saturated rings. The summed E-state index contributed by atoms with van der Waals surface area (Å²) < 4.78 is 5.69. The Morgan fingerprint density at radius 3 is 2.95 bits per heavy atom. The molecule has 1 N–H and O–H groups in total. The van der Waals surface area contributed by atoms with Crippen molar-refractivity contribution in [1.29, 1.82) is 0 Å². The van der Waals surface area contributed by atoms with Crippen LogP contribution in [-0.2, 0) is 20.7 Å². The number of amides is 1. The number of nitrogens with zero attached hydrogens (tertiary/aromatic N) is 1. The van der Waals surface area contributed by atoms with Crippen LogP contribution in [0.15, 0.2) is 24.3 Å². The Bertz CT molecular complexity index is 557. The topological polar surface area (TPSA) is 66.8 Å². The molecule has 1 saturated heterocycles. The van der Waals surface area contributed by atoms with E-state index in [2.05, 4.69) is 0 Å². The van der Waals surface area contributed by atoms with E-state index in [0.29, 0.717) is 19.7 Å². The van der Waals surface area contributed by atoms with E-state index in [1.807, 2.05) is 24.3 Å². The van der Waals surface area contributed by atoms with Gasteiger partial charge in [-0.1, -0.05) is 24.3 Å². The maximum absolute atomic E-state index is 12.6. The first kappa shape index (κ1) is 14.1. The first-order valence-corrected chi connectivity index (χ1v) is 7.35. The van der Waals surface area contributed by atoms with Crippen molar-refractivity contribution in [2.24, 2.45) is 5.92 Å². The lowest BCUT2D eigenvalue weighted by atomic mass is 9.97. The van der Waals surface area contributed by atoms with Crippen molar-refractivity contribution in [3.63, 3.8) is 0 Å². The second kappa shape index (κ2) is 5.85. The molecule has 0 spiro atoms. The molecule has 0 bridgehead atoms. The zero-order chi connectivity index (χ0) is 14.8. The summed E-state index contributed by atoms with van der Waals surface area (Å²) in [4.78, 5) is 25.2. The molecular formula is C16H19NO4. The molecule has 5 heteroatoms. The van der Waals surface area contributed by atoms with Gasteiger partial charge in [0.05, 0.1) is 6.61 Å². The molecule has 0 saturated carbocycles. The number of rotatable bonds is 3. The lowest BCUT2D eigenvalue weighted by Gasteiger charge is -2.28. The summed E-state index contributed by atoms with van der Waals surface area (Å²) in [6.07, 6.45) is 1.19. The van der Waals surface area contributed by atoms with Gasteiger partial charge in [-0.3, -0.25) is 9.59 Å². The van der Waals surface area contributed by atoms with E-state index in [-0.39, 0.29) is 18.2 Å². The number of benzene rings is 1. The van der Waals surface area contributed by atoms with Crippen molar-refractivity contribution >= 4 is 11.9 Å². The normalized spacial score (nSPS) is 24.7. The molecule has 0 aromatic heterocycles. The number of fused-ring (bicyclic) bond motifs is 1. The summed E-state index contributed by atoms with van der Waals surface area (Å²) in [7, 11) is 0. The SMILES string of the molecule is O=C(O)CC1CCN(C(=O)C2OCCc3ccccc32)C1. The van der Waals surface area contributed by atoms with Crippen LogP contribution in [0.25, 0.3) is 0 Å². The van der Waals surface area contributed by atoms with E-state index in [0.717, 1.165) is 18.4 Å². The second-order valence-electron chi connectivity index (χ2n) is 5.74. The number of ether oxygens (including phenoxy) is 1. The molecule has 112 valence electrons. The molecule has 1 amide bonds. The highest BCUT2D eigenvalue weighted by Crippen LogP contribution is 2.30. The van der Waals surface area contributed by atoms with Gasteiger partial charge < -0.3 is 14.7 Å². The molecule has 1 aromatic rings. The molecule has 1 aromatic carbocycles. The molecule has 2 atom stereocenters. The minimum absolute atomic E-state index is 0.0324. The Morgan fingerprint density at radius 2 is 2.14 bits per heavy atom. The fourth-order valence-corrected chi connectivity index (χ4v) is 3.21. The van der Waals surface area contributed by atoms with Crippen LogP contribution >= 0.6 is 0 Å². The first-order chi connectivity index (χ1) is 10.1. The van der Waals surface area contributed by atoms with E-state index in [4.69, 9.17) is 9.84 Å². The maximum atomic E-state index is 12.6. The van der Waals surface area contributed by atoms with Crippen LogP contribution in [0.1, 0.15) is 30.1 Å². The van der Waals surface area contributed by atoms with Gasteiger partial charge in [-0.2, -0.15) is 0 Å². The average Bonchev–Trinajstić information content (AvgIpc) is 2.93. The summed E-state index contributed by atoms with van der Waals surface area (Å²) >= 11 is 0. The fraction of sp³-hybridized carbons (Fsp3) is 0.500. The second-order valence-corrected chi connectivity index (χ2v) is 5.74.